The van der Waals surface area contributed by atoms with Gasteiger partial charge in [-0.2, -0.15) is 0 Å². The Morgan fingerprint density at radius 1 is 1.24 bits per heavy atom. The van der Waals surface area contributed by atoms with Gasteiger partial charge in [0.15, 0.2) is 0 Å². The molecule has 3 nitrogen and oxygen atoms in total. The third-order valence-electron chi connectivity index (χ3n) is 3.96. The molecule has 102 valence electrons. The number of nitrogens with one attached hydrogen (secondary N) is 1. The molecule has 1 aliphatic rings. The molecular formula is C14H31N3. The molecule has 17 heavy (non-hydrogen) atoms. The lowest BCUT2D eigenvalue weighted by Crippen LogP contribution is -2.43. The van der Waals surface area contributed by atoms with Gasteiger partial charge in [0.25, 0.3) is 0 Å². The van der Waals surface area contributed by atoms with Gasteiger partial charge in [0.1, 0.15) is 0 Å². The van der Waals surface area contributed by atoms with Gasteiger partial charge in [0.05, 0.1) is 0 Å². The Morgan fingerprint density at radius 2 is 1.82 bits per heavy atom. The van der Waals surface area contributed by atoms with Crippen LogP contribution in [0.15, 0.2) is 0 Å². The number of hydrogen-bond acceptors (Lipinski definition) is 3. The predicted molar refractivity (Wildman–Crippen MR) is 75.5 cm³/mol. The van der Waals surface area contributed by atoms with Crippen molar-refractivity contribution in [2.24, 2.45) is 5.92 Å². The Morgan fingerprint density at radius 3 is 2.35 bits per heavy atom. The van der Waals surface area contributed by atoms with Crippen LogP contribution in [-0.4, -0.2) is 62.2 Å². The molecule has 0 bridgehead atoms. The van der Waals surface area contributed by atoms with E-state index in [-0.39, 0.29) is 0 Å². The van der Waals surface area contributed by atoms with Gasteiger partial charge < -0.3 is 15.1 Å². The van der Waals surface area contributed by atoms with E-state index >= 15 is 0 Å². The minimum atomic E-state index is 0.592. The Kier molecular flexibility index (Phi) is 6.45. The van der Waals surface area contributed by atoms with Gasteiger partial charge in [0, 0.05) is 25.2 Å². The van der Waals surface area contributed by atoms with Gasteiger partial charge in [0.2, 0.25) is 0 Å². The summed E-state index contributed by atoms with van der Waals surface area (Å²) in [5.74, 6) is 0.901. The molecule has 1 saturated heterocycles. The molecule has 1 heterocycles. The van der Waals surface area contributed by atoms with Crippen LogP contribution in [0.5, 0.6) is 0 Å². The van der Waals surface area contributed by atoms with Crippen LogP contribution < -0.4 is 5.32 Å². The molecule has 0 aromatic heterocycles. The smallest absolute Gasteiger partial charge is 0.0189 e. The molecule has 0 aromatic carbocycles. The van der Waals surface area contributed by atoms with Crippen LogP contribution in [0.4, 0.5) is 0 Å². The van der Waals surface area contributed by atoms with Crippen molar-refractivity contribution < 1.29 is 0 Å². The van der Waals surface area contributed by atoms with Crippen LogP contribution in [0.1, 0.15) is 33.6 Å². The highest BCUT2D eigenvalue weighted by molar-refractivity contribution is 4.75. The normalized spacial score (nSPS) is 21.4. The SMILES string of the molecule is CC(C)NCC(C)N(C)CC1CCN(C)CC1. The van der Waals surface area contributed by atoms with Crippen molar-refractivity contribution in [1.82, 2.24) is 15.1 Å². The lowest BCUT2D eigenvalue weighted by atomic mass is 9.96. The number of hydrogen-bond donors (Lipinski definition) is 1. The van der Waals surface area contributed by atoms with E-state index in [1.807, 2.05) is 0 Å². The average molecular weight is 241 g/mol. The van der Waals surface area contributed by atoms with Crippen LogP contribution in [0.25, 0.3) is 0 Å². The second-order valence-corrected chi connectivity index (χ2v) is 6.10. The lowest BCUT2D eigenvalue weighted by Gasteiger charge is -2.34. The molecule has 0 saturated carbocycles. The number of nitrogens with zero attached hydrogens (tertiary/aromatic N) is 2. The molecule has 0 aliphatic carbocycles. The highest BCUT2D eigenvalue weighted by atomic mass is 15.2. The summed E-state index contributed by atoms with van der Waals surface area (Å²) in [5, 5.41) is 3.52. The number of likely N-dealkylation sites (N-methyl/N-ethyl adjacent to an activating group) is 1. The van der Waals surface area contributed by atoms with Gasteiger partial charge in [-0.1, -0.05) is 13.8 Å². The van der Waals surface area contributed by atoms with Crippen LogP contribution in [0.3, 0.4) is 0 Å². The van der Waals surface area contributed by atoms with Crippen molar-refractivity contribution in [2.75, 3.05) is 40.3 Å². The fourth-order valence-electron chi connectivity index (χ4n) is 2.39. The second-order valence-electron chi connectivity index (χ2n) is 6.10. The number of piperidine rings is 1. The third kappa shape index (κ3) is 5.84. The molecular weight excluding hydrogens is 210 g/mol. The summed E-state index contributed by atoms with van der Waals surface area (Å²) >= 11 is 0. The zero-order valence-corrected chi connectivity index (χ0v) is 12.4. The molecule has 0 radical (unpaired) electrons. The zero-order chi connectivity index (χ0) is 12.8. The largest absolute Gasteiger partial charge is 0.313 e. The third-order valence-corrected chi connectivity index (χ3v) is 3.96. The van der Waals surface area contributed by atoms with Crippen molar-refractivity contribution >= 4 is 0 Å². The van der Waals surface area contributed by atoms with Crippen molar-refractivity contribution in [3.05, 3.63) is 0 Å². The van der Waals surface area contributed by atoms with Gasteiger partial charge in [-0.15, -0.1) is 0 Å². The average Bonchev–Trinajstić information content (AvgIpc) is 2.28. The van der Waals surface area contributed by atoms with Gasteiger partial charge in [-0.25, -0.2) is 0 Å². The first-order valence-corrected chi connectivity index (χ1v) is 7.11. The summed E-state index contributed by atoms with van der Waals surface area (Å²) in [4.78, 5) is 4.96. The molecule has 1 atom stereocenters. The molecule has 1 rings (SSSR count). The van der Waals surface area contributed by atoms with Gasteiger partial charge in [-0.3, -0.25) is 0 Å². The van der Waals surface area contributed by atoms with Crippen LogP contribution in [-0.2, 0) is 0 Å². The molecule has 1 fully saturated rings. The zero-order valence-electron chi connectivity index (χ0n) is 12.4. The predicted octanol–water partition coefficient (Wildman–Crippen LogP) is 1.65. The van der Waals surface area contributed by atoms with Crippen molar-refractivity contribution in [3.8, 4) is 0 Å². The molecule has 1 unspecified atom stereocenters. The lowest BCUT2D eigenvalue weighted by molar-refractivity contribution is 0.153. The minimum Gasteiger partial charge on any atom is -0.313 e. The Labute approximate surface area is 108 Å². The fourth-order valence-corrected chi connectivity index (χ4v) is 2.39. The first kappa shape index (κ1) is 14.9. The van der Waals surface area contributed by atoms with E-state index < -0.39 is 0 Å². The van der Waals surface area contributed by atoms with Crippen molar-refractivity contribution in [3.63, 3.8) is 0 Å². The summed E-state index contributed by atoms with van der Waals surface area (Å²) in [5.41, 5.74) is 0. The maximum Gasteiger partial charge on any atom is 0.0189 e. The quantitative estimate of drug-likeness (QED) is 0.763. The Balaban J connectivity index is 2.21. The van der Waals surface area contributed by atoms with Crippen LogP contribution >= 0.6 is 0 Å². The van der Waals surface area contributed by atoms with Gasteiger partial charge >= 0.3 is 0 Å². The number of likely N-dealkylation sites (tertiary alicyclic amines) is 1. The van der Waals surface area contributed by atoms with E-state index in [1.54, 1.807) is 0 Å². The summed E-state index contributed by atoms with van der Waals surface area (Å²) in [6.45, 7) is 11.7. The molecule has 3 heteroatoms. The summed E-state index contributed by atoms with van der Waals surface area (Å²) < 4.78 is 0. The van der Waals surface area contributed by atoms with E-state index in [0.29, 0.717) is 12.1 Å². The monoisotopic (exact) mass is 241 g/mol. The highest BCUT2D eigenvalue weighted by Gasteiger charge is 2.20. The van der Waals surface area contributed by atoms with Crippen molar-refractivity contribution in [2.45, 2.75) is 45.7 Å². The maximum absolute atomic E-state index is 3.52. The standard InChI is InChI=1S/C14H31N3/c1-12(2)15-10-13(3)17(5)11-14-6-8-16(4)9-7-14/h12-15H,6-11H2,1-5H3. The topological polar surface area (TPSA) is 18.5 Å². The second kappa shape index (κ2) is 7.34. The van der Waals surface area contributed by atoms with E-state index in [0.717, 1.165) is 12.5 Å². The van der Waals surface area contributed by atoms with Crippen LogP contribution in [0.2, 0.25) is 0 Å². The Bertz CT molecular complexity index is 198. The summed E-state index contributed by atoms with van der Waals surface area (Å²) in [7, 11) is 4.50. The fraction of sp³-hybridized carbons (Fsp3) is 1.00. The van der Waals surface area contributed by atoms with Crippen LogP contribution in [0, 0.1) is 5.92 Å². The molecule has 0 spiro atoms. The van der Waals surface area contributed by atoms with Gasteiger partial charge in [-0.05, 0) is 52.9 Å². The van der Waals surface area contributed by atoms with E-state index in [2.05, 4.69) is 50.0 Å². The molecule has 1 N–H and O–H groups in total. The maximum atomic E-state index is 3.52. The highest BCUT2D eigenvalue weighted by Crippen LogP contribution is 2.17. The van der Waals surface area contributed by atoms with Crippen molar-refractivity contribution in [1.29, 1.82) is 0 Å². The van der Waals surface area contributed by atoms with E-state index in [1.165, 1.54) is 32.5 Å². The van der Waals surface area contributed by atoms with E-state index in [4.69, 9.17) is 0 Å². The molecule has 0 aromatic rings. The number of rotatable bonds is 6. The minimum absolute atomic E-state index is 0.592. The first-order valence-electron chi connectivity index (χ1n) is 7.11. The molecule has 1 aliphatic heterocycles. The Hall–Kier alpha value is -0.120. The summed E-state index contributed by atoms with van der Waals surface area (Å²) in [6.07, 6.45) is 2.73. The first-order chi connectivity index (χ1) is 7.99. The van der Waals surface area contributed by atoms with E-state index in [9.17, 15) is 0 Å². The molecule has 0 amide bonds. The summed E-state index contributed by atoms with van der Waals surface area (Å²) in [6, 6.07) is 1.23.